The second kappa shape index (κ2) is 7.96. The number of aromatic nitrogens is 1. The molecule has 3 N–H and O–H groups in total. The molecule has 0 saturated heterocycles. The third-order valence-electron chi connectivity index (χ3n) is 4.43. The number of carbonyl (C=O) groups excluding carboxylic acids is 2. The van der Waals surface area contributed by atoms with Gasteiger partial charge in [0.15, 0.2) is 5.78 Å². The van der Waals surface area contributed by atoms with E-state index in [1.807, 2.05) is 12.1 Å². The molecule has 1 heterocycles. The maximum Gasteiger partial charge on any atom is 0.257 e. The quantitative estimate of drug-likeness (QED) is 0.680. The van der Waals surface area contributed by atoms with Gasteiger partial charge < -0.3 is 20.4 Å². The molecule has 0 bridgehead atoms. The summed E-state index contributed by atoms with van der Waals surface area (Å²) < 4.78 is 5.75. The number of ketones is 1. The van der Waals surface area contributed by atoms with Gasteiger partial charge in [-0.3, -0.25) is 9.59 Å². The van der Waals surface area contributed by atoms with E-state index in [1.165, 1.54) is 0 Å². The summed E-state index contributed by atoms with van der Waals surface area (Å²) in [6.45, 7) is 7.58. The van der Waals surface area contributed by atoms with Gasteiger partial charge in [-0.2, -0.15) is 0 Å². The Morgan fingerprint density at radius 1 is 1.26 bits per heavy atom. The lowest BCUT2D eigenvalue weighted by Crippen LogP contribution is -2.38. The topological polar surface area (TPSA) is 83.2 Å². The van der Waals surface area contributed by atoms with Crippen LogP contribution in [0.3, 0.4) is 0 Å². The number of carbonyl (C=O) groups is 2. The summed E-state index contributed by atoms with van der Waals surface area (Å²) >= 11 is 0. The number of aryl methyl sites for hydroxylation is 1. The van der Waals surface area contributed by atoms with Gasteiger partial charge in [0, 0.05) is 42.1 Å². The lowest BCUT2D eigenvalue weighted by molar-refractivity contribution is 0.0956. The number of aromatic amines is 1. The number of rotatable bonds is 6. The summed E-state index contributed by atoms with van der Waals surface area (Å²) in [6.07, 6.45) is 3.76. The normalized spacial score (nSPS) is 14.0. The van der Waals surface area contributed by atoms with Crippen molar-refractivity contribution in [2.75, 3.05) is 18.5 Å². The van der Waals surface area contributed by atoms with Crippen LogP contribution in [0.1, 0.15) is 60.0 Å². The molecular weight excluding hydrogens is 342 g/mol. The molecule has 6 nitrogen and oxygen atoms in total. The average Bonchev–Trinajstić information content (AvgIpc) is 3.04. The summed E-state index contributed by atoms with van der Waals surface area (Å²) in [4.78, 5) is 27.9. The number of hydrogen-bond donors (Lipinski definition) is 3. The van der Waals surface area contributed by atoms with Gasteiger partial charge in [-0.25, -0.2) is 0 Å². The van der Waals surface area contributed by atoms with Crippen molar-refractivity contribution >= 4 is 17.4 Å². The first-order chi connectivity index (χ1) is 12.8. The van der Waals surface area contributed by atoms with Crippen LogP contribution >= 0.6 is 0 Å². The van der Waals surface area contributed by atoms with Crippen LogP contribution < -0.4 is 15.4 Å². The SMILES string of the molecule is CC(C)(C)NCCOc1cccc(NC(=O)c2c[nH]c3c2C(=O)CCC3)c1. The fourth-order valence-electron chi connectivity index (χ4n) is 3.17. The van der Waals surface area contributed by atoms with Crippen molar-refractivity contribution in [3.8, 4) is 5.75 Å². The van der Waals surface area contributed by atoms with Gasteiger partial charge >= 0.3 is 0 Å². The Kier molecular flexibility index (Phi) is 5.65. The Morgan fingerprint density at radius 3 is 2.85 bits per heavy atom. The largest absolute Gasteiger partial charge is 0.492 e. The zero-order valence-corrected chi connectivity index (χ0v) is 16.1. The van der Waals surface area contributed by atoms with Crippen molar-refractivity contribution in [3.63, 3.8) is 0 Å². The number of nitrogens with one attached hydrogen (secondary N) is 3. The second-order valence-corrected chi connectivity index (χ2v) is 7.84. The highest BCUT2D eigenvalue weighted by molar-refractivity contribution is 6.13. The predicted octanol–water partition coefficient (Wildman–Crippen LogP) is 3.55. The third kappa shape index (κ3) is 4.98. The molecular formula is C21H27N3O3. The molecule has 144 valence electrons. The van der Waals surface area contributed by atoms with Gasteiger partial charge in [-0.05, 0) is 45.7 Å². The number of hydrogen-bond acceptors (Lipinski definition) is 4. The van der Waals surface area contributed by atoms with E-state index in [1.54, 1.807) is 18.3 Å². The van der Waals surface area contributed by atoms with Crippen molar-refractivity contribution in [2.45, 2.75) is 45.6 Å². The minimum absolute atomic E-state index is 0.0334. The molecule has 1 aromatic heterocycles. The van der Waals surface area contributed by atoms with Crippen molar-refractivity contribution < 1.29 is 14.3 Å². The van der Waals surface area contributed by atoms with Crippen LogP contribution in [0.4, 0.5) is 5.69 Å². The minimum atomic E-state index is -0.283. The highest BCUT2D eigenvalue weighted by Gasteiger charge is 2.25. The van der Waals surface area contributed by atoms with Gasteiger partial charge in [0.25, 0.3) is 5.91 Å². The average molecular weight is 369 g/mol. The second-order valence-electron chi connectivity index (χ2n) is 7.84. The number of ether oxygens (including phenoxy) is 1. The van der Waals surface area contributed by atoms with Gasteiger partial charge in [-0.15, -0.1) is 0 Å². The number of Topliss-reactive ketones (excluding diaryl/α,β-unsaturated/α-hetero) is 1. The van der Waals surface area contributed by atoms with E-state index < -0.39 is 0 Å². The fourth-order valence-corrected chi connectivity index (χ4v) is 3.17. The highest BCUT2D eigenvalue weighted by atomic mass is 16.5. The monoisotopic (exact) mass is 369 g/mol. The van der Waals surface area contributed by atoms with E-state index in [-0.39, 0.29) is 17.2 Å². The lowest BCUT2D eigenvalue weighted by atomic mass is 9.93. The zero-order valence-electron chi connectivity index (χ0n) is 16.1. The van der Waals surface area contributed by atoms with Gasteiger partial charge in [0.05, 0.1) is 11.1 Å². The molecule has 1 aromatic carbocycles. The summed E-state index contributed by atoms with van der Waals surface area (Å²) in [6, 6.07) is 7.28. The molecule has 2 aromatic rings. The van der Waals surface area contributed by atoms with E-state index in [4.69, 9.17) is 4.74 Å². The Labute approximate surface area is 159 Å². The van der Waals surface area contributed by atoms with E-state index in [2.05, 4.69) is 36.4 Å². The molecule has 0 unspecified atom stereocenters. The Balaban J connectivity index is 1.62. The van der Waals surface area contributed by atoms with Crippen molar-refractivity contribution in [1.82, 2.24) is 10.3 Å². The van der Waals surface area contributed by atoms with Crippen molar-refractivity contribution in [1.29, 1.82) is 0 Å². The van der Waals surface area contributed by atoms with E-state index in [9.17, 15) is 9.59 Å². The molecule has 3 rings (SSSR count). The Hall–Kier alpha value is -2.60. The van der Waals surface area contributed by atoms with Crippen molar-refractivity contribution in [2.24, 2.45) is 0 Å². The molecule has 0 aliphatic heterocycles. The molecule has 6 heteroatoms. The van der Waals surface area contributed by atoms with E-state index >= 15 is 0 Å². The molecule has 0 saturated carbocycles. The van der Waals surface area contributed by atoms with Crippen LogP contribution in [0.15, 0.2) is 30.5 Å². The van der Waals surface area contributed by atoms with E-state index in [0.29, 0.717) is 35.6 Å². The van der Waals surface area contributed by atoms with Crippen LogP contribution in [0, 0.1) is 0 Å². The fraction of sp³-hybridized carbons (Fsp3) is 0.429. The maximum atomic E-state index is 12.6. The maximum absolute atomic E-state index is 12.6. The highest BCUT2D eigenvalue weighted by Crippen LogP contribution is 2.25. The smallest absolute Gasteiger partial charge is 0.257 e. The number of H-pyrrole nitrogens is 1. The third-order valence-corrected chi connectivity index (χ3v) is 4.43. The number of anilines is 1. The van der Waals surface area contributed by atoms with Crippen LogP contribution in [0.2, 0.25) is 0 Å². The number of benzene rings is 1. The summed E-state index contributed by atoms with van der Waals surface area (Å²) in [7, 11) is 0. The van der Waals surface area contributed by atoms with Crippen LogP contribution in [0.5, 0.6) is 5.75 Å². The minimum Gasteiger partial charge on any atom is -0.492 e. The molecule has 27 heavy (non-hydrogen) atoms. The molecule has 0 spiro atoms. The standard InChI is InChI=1S/C21H27N3O3/c1-21(2,3)23-10-11-27-15-7-4-6-14(12-15)24-20(26)16-13-22-17-8-5-9-18(25)19(16)17/h4,6-7,12-13,22-23H,5,8-11H2,1-3H3,(H,24,26). The Morgan fingerprint density at radius 2 is 2.07 bits per heavy atom. The van der Waals surface area contributed by atoms with E-state index in [0.717, 1.165) is 25.1 Å². The lowest BCUT2D eigenvalue weighted by Gasteiger charge is -2.20. The van der Waals surface area contributed by atoms with Crippen LogP contribution in [0.25, 0.3) is 0 Å². The van der Waals surface area contributed by atoms with Gasteiger partial charge in [0.2, 0.25) is 0 Å². The van der Waals surface area contributed by atoms with Crippen molar-refractivity contribution in [3.05, 3.63) is 47.3 Å². The molecule has 0 fully saturated rings. The summed E-state index contributed by atoms with van der Waals surface area (Å²) in [5, 5.41) is 6.22. The number of fused-ring (bicyclic) bond motifs is 1. The first-order valence-corrected chi connectivity index (χ1v) is 9.36. The van der Waals surface area contributed by atoms with Gasteiger partial charge in [0.1, 0.15) is 12.4 Å². The molecule has 0 radical (unpaired) electrons. The molecule has 0 atom stereocenters. The molecule has 1 aliphatic carbocycles. The Bertz CT molecular complexity index is 833. The predicted molar refractivity (Wildman–Crippen MR) is 106 cm³/mol. The summed E-state index contributed by atoms with van der Waals surface area (Å²) in [5.74, 6) is 0.441. The number of amides is 1. The first-order valence-electron chi connectivity index (χ1n) is 9.36. The molecule has 1 amide bonds. The van der Waals surface area contributed by atoms with Gasteiger partial charge in [-0.1, -0.05) is 6.07 Å². The molecule has 1 aliphatic rings. The zero-order chi connectivity index (χ0) is 19.4. The van der Waals surface area contributed by atoms with Crippen LogP contribution in [-0.4, -0.2) is 35.4 Å². The summed E-state index contributed by atoms with van der Waals surface area (Å²) in [5.41, 5.74) is 2.50. The first kappa shape index (κ1) is 19.2. The van der Waals surface area contributed by atoms with Crippen LogP contribution in [-0.2, 0) is 6.42 Å².